The van der Waals surface area contributed by atoms with Crippen LogP contribution in [0.2, 0.25) is 0 Å². The van der Waals surface area contributed by atoms with Crippen LogP contribution in [0, 0.1) is 12.3 Å². The molecule has 0 atom stereocenters. The Bertz CT molecular complexity index is 418. The Labute approximate surface area is 65.1 Å². The molecule has 0 unspecified atom stereocenters. The lowest BCUT2D eigenvalue weighted by molar-refractivity contribution is 1.47. The van der Waals surface area contributed by atoms with Crippen molar-refractivity contribution in [1.82, 2.24) is 4.98 Å². The van der Waals surface area contributed by atoms with Gasteiger partial charge in [0.2, 0.25) is 0 Å². The monoisotopic (exact) mass is 140 g/mol. The summed E-state index contributed by atoms with van der Waals surface area (Å²) >= 11 is 0. The zero-order valence-corrected chi connectivity index (χ0v) is 5.89. The molecule has 0 fully saturated rings. The lowest BCUT2D eigenvalue weighted by Crippen LogP contribution is -1.66. The summed E-state index contributed by atoms with van der Waals surface area (Å²) in [6.07, 6.45) is 8.76. The first-order chi connectivity index (χ1) is 5.42. The van der Waals surface area contributed by atoms with Crippen LogP contribution in [-0.2, 0) is 0 Å². The highest BCUT2D eigenvalue weighted by Gasteiger charge is 1.97. The van der Waals surface area contributed by atoms with E-state index in [-0.39, 0.29) is 0 Å². The average Bonchev–Trinajstić information content (AvgIpc) is 2.47. The number of nitrogens with one attached hydrogen (secondary N) is 1. The minimum absolute atomic E-state index is 0.820. The molecular weight excluding hydrogens is 134 g/mol. The molecule has 51 valence electrons. The molecule has 1 N–H and O–H groups in total. The molecule has 0 aliphatic rings. The highest BCUT2D eigenvalue weighted by Crippen LogP contribution is 2.15. The number of benzene rings is 1. The molecule has 2 rings (SSSR count). The number of fused-ring (bicyclic) bond motifs is 1. The van der Waals surface area contributed by atoms with Gasteiger partial charge in [-0.1, -0.05) is 24.1 Å². The molecule has 11 heavy (non-hydrogen) atoms. The van der Waals surface area contributed by atoms with Crippen LogP contribution in [0.4, 0.5) is 0 Å². The molecule has 0 aliphatic heterocycles. The number of hydrogen-bond acceptors (Lipinski definition) is 0. The van der Waals surface area contributed by atoms with E-state index in [9.17, 15) is 0 Å². The fraction of sp³-hybridized carbons (Fsp3) is 0. The maximum Gasteiger partial charge on any atom is 0.0508 e. The SMILES string of the molecule is [C]#Cc1c[nH]c2ccccc12. The van der Waals surface area contributed by atoms with Crippen molar-refractivity contribution in [1.29, 1.82) is 0 Å². The molecule has 1 aromatic heterocycles. The molecule has 0 amide bonds. The Balaban J connectivity index is 2.89. The molecule has 1 heteroatoms. The predicted molar refractivity (Wildman–Crippen MR) is 44.5 cm³/mol. The minimum atomic E-state index is 0.820. The van der Waals surface area contributed by atoms with Gasteiger partial charge in [-0.2, -0.15) is 0 Å². The zero-order chi connectivity index (χ0) is 7.68. The van der Waals surface area contributed by atoms with Crippen LogP contribution in [0.25, 0.3) is 10.9 Å². The molecule has 0 aliphatic carbocycles. The van der Waals surface area contributed by atoms with E-state index in [1.807, 2.05) is 24.3 Å². The number of aromatic amines is 1. The van der Waals surface area contributed by atoms with E-state index in [0.717, 1.165) is 16.5 Å². The summed E-state index contributed by atoms with van der Waals surface area (Å²) in [7, 11) is 0. The summed E-state index contributed by atoms with van der Waals surface area (Å²) < 4.78 is 0. The van der Waals surface area contributed by atoms with E-state index >= 15 is 0 Å². The van der Waals surface area contributed by atoms with Crippen LogP contribution >= 0.6 is 0 Å². The Kier molecular flexibility index (Phi) is 1.20. The van der Waals surface area contributed by atoms with Gasteiger partial charge in [-0.3, -0.25) is 0 Å². The third kappa shape index (κ3) is 0.805. The van der Waals surface area contributed by atoms with E-state index in [0.29, 0.717) is 0 Å². The lowest BCUT2D eigenvalue weighted by atomic mass is 10.2. The van der Waals surface area contributed by atoms with Gasteiger partial charge in [0.05, 0.1) is 5.56 Å². The standard InChI is InChI=1S/C10H6N/c1-2-8-7-11-10-6-4-3-5-9(8)10/h3-7,11H. The molecule has 0 saturated carbocycles. The topological polar surface area (TPSA) is 15.8 Å². The first-order valence-electron chi connectivity index (χ1n) is 3.40. The smallest absolute Gasteiger partial charge is 0.0508 e. The average molecular weight is 140 g/mol. The van der Waals surface area contributed by atoms with Gasteiger partial charge in [0, 0.05) is 17.1 Å². The number of para-hydroxylation sites is 1. The second kappa shape index (κ2) is 2.17. The van der Waals surface area contributed by atoms with Gasteiger partial charge in [-0.15, -0.1) is 0 Å². The summed E-state index contributed by atoms with van der Waals surface area (Å²) in [6.45, 7) is 0. The van der Waals surface area contributed by atoms with Gasteiger partial charge in [0.1, 0.15) is 0 Å². The number of rotatable bonds is 0. The highest BCUT2D eigenvalue weighted by molar-refractivity contribution is 5.85. The van der Waals surface area contributed by atoms with Crippen molar-refractivity contribution in [3.05, 3.63) is 42.4 Å². The minimum Gasteiger partial charge on any atom is -0.360 e. The zero-order valence-electron chi connectivity index (χ0n) is 5.89. The quantitative estimate of drug-likeness (QED) is 0.539. The number of hydrogen-bond donors (Lipinski definition) is 1. The predicted octanol–water partition coefficient (Wildman–Crippen LogP) is 2.11. The van der Waals surface area contributed by atoms with Crippen molar-refractivity contribution < 1.29 is 0 Å². The lowest BCUT2D eigenvalue weighted by Gasteiger charge is -1.86. The summed E-state index contributed by atoms with van der Waals surface area (Å²) in [5, 5.41) is 1.06. The molecule has 1 radical (unpaired) electrons. The van der Waals surface area contributed by atoms with Gasteiger partial charge in [0.15, 0.2) is 0 Å². The molecule has 0 saturated heterocycles. The van der Waals surface area contributed by atoms with Crippen LogP contribution in [0.15, 0.2) is 30.5 Å². The van der Waals surface area contributed by atoms with Gasteiger partial charge >= 0.3 is 0 Å². The van der Waals surface area contributed by atoms with E-state index in [1.165, 1.54) is 0 Å². The first-order valence-corrected chi connectivity index (χ1v) is 3.40. The third-order valence-electron chi connectivity index (χ3n) is 1.72. The van der Waals surface area contributed by atoms with Crippen LogP contribution in [-0.4, -0.2) is 4.98 Å². The maximum atomic E-state index is 6.97. The van der Waals surface area contributed by atoms with Gasteiger partial charge < -0.3 is 4.98 Å². The van der Waals surface area contributed by atoms with E-state index in [1.54, 1.807) is 6.20 Å². The van der Waals surface area contributed by atoms with E-state index < -0.39 is 0 Å². The molecule has 1 heterocycles. The first kappa shape index (κ1) is 6.06. The number of aromatic nitrogens is 1. The van der Waals surface area contributed by atoms with E-state index in [2.05, 4.69) is 10.9 Å². The highest BCUT2D eigenvalue weighted by atomic mass is 14.7. The van der Waals surface area contributed by atoms with Crippen molar-refractivity contribution in [3.63, 3.8) is 0 Å². The van der Waals surface area contributed by atoms with Gasteiger partial charge in [-0.25, -0.2) is 0 Å². The second-order valence-electron chi connectivity index (χ2n) is 2.37. The third-order valence-corrected chi connectivity index (χ3v) is 1.72. The molecule has 1 nitrogen and oxygen atoms in total. The van der Waals surface area contributed by atoms with Crippen LogP contribution in [0.3, 0.4) is 0 Å². The normalized spacial score (nSPS) is 9.73. The second-order valence-corrected chi connectivity index (χ2v) is 2.37. The van der Waals surface area contributed by atoms with Crippen molar-refractivity contribution in [2.75, 3.05) is 0 Å². The Morgan fingerprint density at radius 1 is 1.27 bits per heavy atom. The fourth-order valence-corrected chi connectivity index (χ4v) is 1.17. The van der Waals surface area contributed by atoms with Crippen LogP contribution in [0.5, 0.6) is 0 Å². The van der Waals surface area contributed by atoms with Crippen molar-refractivity contribution in [2.45, 2.75) is 0 Å². The Morgan fingerprint density at radius 3 is 2.91 bits per heavy atom. The Morgan fingerprint density at radius 2 is 2.09 bits per heavy atom. The molecule has 2 aromatic rings. The van der Waals surface area contributed by atoms with Crippen LogP contribution < -0.4 is 0 Å². The fourth-order valence-electron chi connectivity index (χ4n) is 1.17. The molecule has 0 bridgehead atoms. The largest absolute Gasteiger partial charge is 0.360 e. The molecule has 0 spiro atoms. The summed E-state index contributed by atoms with van der Waals surface area (Å²) in [6, 6.07) is 7.88. The molecular formula is C10H6N. The molecule has 1 aromatic carbocycles. The van der Waals surface area contributed by atoms with Gasteiger partial charge in [0.25, 0.3) is 0 Å². The summed E-state index contributed by atoms with van der Waals surface area (Å²) in [5.41, 5.74) is 1.88. The Hall–Kier alpha value is -1.68. The van der Waals surface area contributed by atoms with Crippen LogP contribution in [0.1, 0.15) is 5.56 Å². The summed E-state index contributed by atoms with van der Waals surface area (Å²) in [5.74, 6) is 2.37. The summed E-state index contributed by atoms with van der Waals surface area (Å²) in [4.78, 5) is 3.06. The van der Waals surface area contributed by atoms with Crippen molar-refractivity contribution in [3.8, 4) is 5.92 Å². The maximum absolute atomic E-state index is 6.97. The number of H-pyrrole nitrogens is 1. The van der Waals surface area contributed by atoms with Gasteiger partial charge in [-0.05, 0) is 12.5 Å². The van der Waals surface area contributed by atoms with Crippen molar-refractivity contribution >= 4 is 10.9 Å². The van der Waals surface area contributed by atoms with Crippen molar-refractivity contribution in [2.24, 2.45) is 0 Å². The van der Waals surface area contributed by atoms with E-state index in [4.69, 9.17) is 6.42 Å².